The summed E-state index contributed by atoms with van der Waals surface area (Å²) in [5, 5.41) is 0. The Balaban J connectivity index is 2.54. The van der Waals surface area contributed by atoms with Crippen LogP contribution >= 0.6 is 0 Å². The van der Waals surface area contributed by atoms with Gasteiger partial charge in [0.05, 0.1) is 12.7 Å². The van der Waals surface area contributed by atoms with Crippen molar-refractivity contribution in [1.82, 2.24) is 0 Å². The van der Waals surface area contributed by atoms with E-state index in [9.17, 15) is 4.79 Å². The van der Waals surface area contributed by atoms with E-state index in [1.807, 2.05) is 6.07 Å². The summed E-state index contributed by atoms with van der Waals surface area (Å²) in [6.07, 6.45) is 0. The highest BCUT2D eigenvalue weighted by atomic mass is 16.7. The summed E-state index contributed by atoms with van der Waals surface area (Å²) < 4.78 is 8.99. The third-order valence-corrected chi connectivity index (χ3v) is 1.28. The van der Waals surface area contributed by atoms with Crippen molar-refractivity contribution in [1.29, 1.82) is 0 Å². The normalized spacial score (nSPS) is 9.42. The predicted molar refractivity (Wildman–Crippen MR) is 43.2 cm³/mol. The molecule has 63 valence electrons. The summed E-state index contributed by atoms with van der Waals surface area (Å²) in [5.74, 6) is -0.403. The van der Waals surface area contributed by atoms with Gasteiger partial charge in [-0.05, 0) is 12.1 Å². The second kappa shape index (κ2) is 4.51. The summed E-state index contributed by atoms with van der Waals surface area (Å²) >= 11 is 0. The van der Waals surface area contributed by atoms with E-state index in [2.05, 4.69) is 16.6 Å². The Labute approximate surface area is 70.9 Å². The highest BCUT2D eigenvalue weighted by Gasteiger charge is 2.03. The van der Waals surface area contributed by atoms with Gasteiger partial charge in [-0.15, -0.1) is 0 Å². The first-order valence-corrected chi connectivity index (χ1v) is 3.43. The number of esters is 1. The largest absolute Gasteiger partial charge is 0.435 e. The molecule has 0 atom stereocenters. The molecule has 0 bridgehead atoms. The van der Waals surface area contributed by atoms with Crippen LogP contribution in [-0.2, 0) is 9.47 Å². The van der Waals surface area contributed by atoms with Crippen LogP contribution in [0.4, 0.5) is 0 Å². The van der Waals surface area contributed by atoms with E-state index >= 15 is 0 Å². The molecule has 0 unspecified atom stereocenters. The van der Waals surface area contributed by atoms with Gasteiger partial charge in [-0.2, -0.15) is 0 Å². The fraction of sp³-hybridized carbons (Fsp3) is 0.111. The van der Waals surface area contributed by atoms with Gasteiger partial charge in [0.1, 0.15) is 0 Å². The maximum absolute atomic E-state index is 11.1. The lowest BCUT2D eigenvalue weighted by Crippen LogP contribution is -2.06. The topological polar surface area (TPSA) is 35.5 Å². The minimum Gasteiger partial charge on any atom is -0.435 e. The number of ether oxygens (including phenoxy) is 2. The molecule has 0 aliphatic carbocycles. The Morgan fingerprint density at radius 2 is 2.00 bits per heavy atom. The Morgan fingerprint density at radius 3 is 2.58 bits per heavy atom. The molecule has 0 N–H and O–H groups in total. The second-order valence-electron chi connectivity index (χ2n) is 2.12. The van der Waals surface area contributed by atoms with E-state index < -0.39 is 5.97 Å². The fourth-order valence-corrected chi connectivity index (χ4v) is 0.753. The first kappa shape index (κ1) is 8.74. The smallest absolute Gasteiger partial charge is 0.340 e. The molecule has 0 fully saturated rings. The summed E-state index contributed by atoms with van der Waals surface area (Å²) in [6.45, 7) is -0.117. The van der Waals surface area contributed by atoms with E-state index in [1.54, 1.807) is 24.3 Å². The molecule has 0 amide bonds. The number of benzene rings is 1. The molecule has 0 aliphatic rings. The second-order valence-corrected chi connectivity index (χ2v) is 2.12. The molecule has 1 radical (unpaired) electrons. The van der Waals surface area contributed by atoms with E-state index in [4.69, 9.17) is 0 Å². The fourth-order valence-electron chi connectivity index (χ4n) is 0.753. The van der Waals surface area contributed by atoms with E-state index in [1.165, 1.54) is 0 Å². The minimum absolute atomic E-state index is 0.117. The number of hydrogen-bond donors (Lipinski definition) is 0. The number of rotatable bonds is 3. The van der Waals surface area contributed by atoms with Crippen molar-refractivity contribution in [3.63, 3.8) is 0 Å². The van der Waals surface area contributed by atoms with Crippen molar-refractivity contribution in [2.45, 2.75) is 0 Å². The summed E-state index contributed by atoms with van der Waals surface area (Å²) in [4.78, 5) is 11.1. The molecular formula is C9H9O3. The minimum atomic E-state index is -0.403. The molecule has 0 spiro atoms. The van der Waals surface area contributed by atoms with Gasteiger partial charge in [-0.1, -0.05) is 18.2 Å². The van der Waals surface area contributed by atoms with Gasteiger partial charge in [0, 0.05) is 0 Å². The first-order chi connectivity index (χ1) is 5.84. The van der Waals surface area contributed by atoms with E-state index in [0.29, 0.717) is 5.56 Å². The van der Waals surface area contributed by atoms with Crippen molar-refractivity contribution in [2.75, 3.05) is 6.79 Å². The van der Waals surface area contributed by atoms with Crippen LogP contribution in [0.25, 0.3) is 0 Å². The van der Waals surface area contributed by atoms with Crippen LogP contribution in [0.5, 0.6) is 0 Å². The van der Waals surface area contributed by atoms with Gasteiger partial charge in [-0.25, -0.2) is 4.79 Å². The van der Waals surface area contributed by atoms with Gasteiger partial charge in [-0.3, -0.25) is 0 Å². The molecule has 0 saturated carbocycles. The highest BCUT2D eigenvalue weighted by Crippen LogP contribution is 2.00. The number of carbonyl (C=O) groups is 1. The standard InChI is InChI=1S/C9H9O3/c1-11-7-12-9(10)8-5-3-2-4-6-8/h2-6H,1,7H2. The van der Waals surface area contributed by atoms with Gasteiger partial charge in [0.2, 0.25) is 0 Å². The zero-order chi connectivity index (χ0) is 8.81. The van der Waals surface area contributed by atoms with Crippen LogP contribution in [0.1, 0.15) is 10.4 Å². The van der Waals surface area contributed by atoms with Gasteiger partial charge in [0.15, 0.2) is 6.79 Å². The molecule has 0 aliphatic heterocycles. The van der Waals surface area contributed by atoms with Crippen LogP contribution in [0.3, 0.4) is 0 Å². The third-order valence-electron chi connectivity index (χ3n) is 1.28. The molecule has 0 saturated heterocycles. The quantitative estimate of drug-likeness (QED) is 0.504. The molecule has 3 nitrogen and oxygen atoms in total. The number of hydrogen-bond acceptors (Lipinski definition) is 3. The summed E-state index contributed by atoms with van der Waals surface area (Å²) in [5.41, 5.74) is 0.509. The van der Waals surface area contributed by atoms with Crippen molar-refractivity contribution < 1.29 is 14.3 Å². The van der Waals surface area contributed by atoms with Gasteiger partial charge < -0.3 is 9.47 Å². The maximum Gasteiger partial charge on any atom is 0.340 e. The van der Waals surface area contributed by atoms with Gasteiger partial charge >= 0.3 is 5.97 Å². The predicted octanol–water partition coefficient (Wildman–Crippen LogP) is 1.61. The van der Waals surface area contributed by atoms with E-state index in [-0.39, 0.29) is 6.79 Å². The Morgan fingerprint density at radius 1 is 1.33 bits per heavy atom. The van der Waals surface area contributed by atoms with Crippen molar-refractivity contribution in [2.24, 2.45) is 0 Å². The SMILES string of the molecule is [CH2]OCOC(=O)c1ccccc1. The first-order valence-electron chi connectivity index (χ1n) is 3.43. The van der Waals surface area contributed by atoms with Gasteiger partial charge in [0.25, 0.3) is 0 Å². The lowest BCUT2D eigenvalue weighted by molar-refractivity contribution is -0.00126. The van der Waals surface area contributed by atoms with Crippen LogP contribution in [0.2, 0.25) is 0 Å². The zero-order valence-corrected chi connectivity index (χ0v) is 6.53. The van der Waals surface area contributed by atoms with Crippen LogP contribution in [-0.4, -0.2) is 12.8 Å². The highest BCUT2D eigenvalue weighted by molar-refractivity contribution is 5.89. The summed E-state index contributed by atoms with van der Waals surface area (Å²) in [6, 6.07) is 8.70. The Bertz CT molecular complexity index is 243. The van der Waals surface area contributed by atoms with Crippen LogP contribution in [0, 0.1) is 7.11 Å². The lowest BCUT2D eigenvalue weighted by atomic mass is 10.2. The molecule has 12 heavy (non-hydrogen) atoms. The van der Waals surface area contributed by atoms with Crippen LogP contribution in [0.15, 0.2) is 30.3 Å². The molecule has 1 aromatic rings. The Hall–Kier alpha value is -1.35. The zero-order valence-electron chi connectivity index (χ0n) is 6.53. The van der Waals surface area contributed by atoms with Crippen molar-refractivity contribution in [3.05, 3.63) is 43.0 Å². The maximum atomic E-state index is 11.1. The van der Waals surface area contributed by atoms with Crippen molar-refractivity contribution in [3.8, 4) is 0 Å². The average Bonchev–Trinajstić information content (AvgIpc) is 2.15. The molecule has 3 heteroatoms. The van der Waals surface area contributed by atoms with Crippen molar-refractivity contribution >= 4 is 5.97 Å². The monoisotopic (exact) mass is 165 g/mol. The average molecular weight is 165 g/mol. The van der Waals surface area contributed by atoms with E-state index in [0.717, 1.165) is 0 Å². The Kier molecular flexibility index (Phi) is 3.29. The molecule has 1 aromatic carbocycles. The molecule has 0 heterocycles. The third kappa shape index (κ3) is 2.36. The lowest BCUT2D eigenvalue weighted by Gasteiger charge is -2.01. The number of carbonyl (C=O) groups excluding carboxylic acids is 1. The molecular weight excluding hydrogens is 156 g/mol. The molecule has 0 aromatic heterocycles. The molecule has 1 rings (SSSR count). The van der Waals surface area contributed by atoms with Crippen LogP contribution < -0.4 is 0 Å². The summed E-state index contributed by atoms with van der Waals surface area (Å²) in [7, 11) is 3.07.